The zero-order valence-corrected chi connectivity index (χ0v) is 10.3. The van der Waals surface area contributed by atoms with Crippen molar-refractivity contribution in [2.45, 2.75) is 19.4 Å². The Labute approximate surface area is 101 Å². The lowest BCUT2D eigenvalue weighted by Crippen LogP contribution is -2.19. The van der Waals surface area contributed by atoms with E-state index in [1.807, 2.05) is 6.92 Å². The van der Waals surface area contributed by atoms with Gasteiger partial charge in [-0.3, -0.25) is 4.79 Å². The number of carbonyl (C=O) groups is 1. The molecule has 0 bridgehead atoms. The van der Waals surface area contributed by atoms with Gasteiger partial charge in [-0.25, -0.2) is 4.98 Å². The molecular weight excluding hydrogens is 281 g/mol. The maximum atomic E-state index is 11.4. The molecule has 1 aliphatic rings. The summed E-state index contributed by atoms with van der Waals surface area (Å²) in [6, 6.07) is 1.77. The van der Waals surface area contributed by atoms with E-state index in [-0.39, 0.29) is 11.9 Å². The van der Waals surface area contributed by atoms with Crippen molar-refractivity contribution in [1.29, 1.82) is 0 Å². The van der Waals surface area contributed by atoms with Gasteiger partial charge >= 0.3 is 0 Å². The third kappa shape index (κ3) is 2.23. The molecule has 1 aromatic rings. The Balaban J connectivity index is 2.50. The Hall–Kier alpha value is -0.810. The molecule has 0 aromatic carbocycles. The summed E-state index contributed by atoms with van der Waals surface area (Å²) < 4.78 is 0.600. The largest absolute Gasteiger partial charge is 0.378 e. The van der Waals surface area contributed by atoms with Crippen molar-refractivity contribution >= 4 is 44.8 Å². The highest BCUT2D eigenvalue weighted by molar-refractivity contribution is 9.10. The van der Waals surface area contributed by atoms with Crippen LogP contribution in [0.3, 0.4) is 0 Å². The first kappa shape index (κ1) is 10.7. The van der Waals surface area contributed by atoms with Crippen LogP contribution in [0.5, 0.6) is 0 Å². The lowest BCUT2D eigenvalue weighted by molar-refractivity contribution is -0.116. The van der Waals surface area contributed by atoms with Crippen LogP contribution in [-0.4, -0.2) is 16.9 Å². The van der Waals surface area contributed by atoms with Crippen LogP contribution < -0.4 is 10.6 Å². The van der Waals surface area contributed by atoms with Crippen LogP contribution in [0.15, 0.2) is 10.7 Å². The van der Waals surface area contributed by atoms with E-state index in [1.54, 1.807) is 6.07 Å². The molecule has 2 heterocycles. The van der Waals surface area contributed by atoms with Crippen molar-refractivity contribution in [2.24, 2.45) is 0 Å². The molecule has 0 saturated carbocycles. The van der Waals surface area contributed by atoms with E-state index in [4.69, 9.17) is 11.6 Å². The minimum Gasteiger partial charge on any atom is -0.378 e. The molecule has 0 unspecified atom stereocenters. The number of carbonyl (C=O) groups excluding carboxylic acids is 1. The van der Waals surface area contributed by atoms with Gasteiger partial charge in [0.25, 0.3) is 0 Å². The Morgan fingerprint density at radius 1 is 1.67 bits per heavy atom. The number of anilines is 2. The Morgan fingerprint density at radius 2 is 2.40 bits per heavy atom. The molecule has 0 saturated heterocycles. The fraction of sp³-hybridized carbons (Fsp3) is 0.333. The lowest BCUT2D eigenvalue weighted by Gasteiger charge is -2.12. The summed E-state index contributed by atoms with van der Waals surface area (Å²) in [6.45, 7) is 1.92. The van der Waals surface area contributed by atoms with Gasteiger partial charge in [-0.2, -0.15) is 0 Å². The summed E-state index contributed by atoms with van der Waals surface area (Å²) >= 11 is 9.21. The van der Waals surface area contributed by atoms with Crippen LogP contribution in [0.1, 0.15) is 13.3 Å². The predicted molar refractivity (Wildman–Crippen MR) is 63.3 cm³/mol. The van der Waals surface area contributed by atoms with Crippen LogP contribution in [0.25, 0.3) is 0 Å². The average molecular weight is 291 g/mol. The second-order valence-electron chi connectivity index (χ2n) is 3.46. The number of hydrogen-bond donors (Lipinski definition) is 2. The molecule has 1 amide bonds. The van der Waals surface area contributed by atoms with Gasteiger partial charge in [0, 0.05) is 12.5 Å². The van der Waals surface area contributed by atoms with E-state index in [0.717, 1.165) is 0 Å². The Morgan fingerprint density at radius 3 is 3.13 bits per heavy atom. The van der Waals surface area contributed by atoms with Crippen LogP contribution in [0, 0.1) is 0 Å². The van der Waals surface area contributed by atoms with Crippen LogP contribution in [0.4, 0.5) is 11.4 Å². The number of nitrogens with one attached hydrogen (secondary N) is 2. The molecule has 2 N–H and O–H groups in total. The fourth-order valence-corrected chi connectivity index (χ4v) is 2.25. The molecule has 0 spiro atoms. The molecule has 6 heteroatoms. The Kier molecular flexibility index (Phi) is 2.84. The summed E-state index contributed by atoms with van der Waals surface area (Å²) in [5.74, 6) is -0.0251. The minimum atomic E-state index is -0.0251. The zero-order valence-electron chi connectivity index (χ0n) is 7.97. The van der Waals surface area contributed by atoms with E-state index in [2.05, 4.69) is 31.5 Å². The summed E-state index contributed by atoms with van der Waals surface area (Å²) in [4.78, 5) is 15.5. The van der Waals surface area contributed by atoms with Crippen molar-refractivity contribution < 1.29 is 4.79 Å². The third-order valence-corrected chi connectivity index (χ3v) is 2.78. The van der Waals surface area contributed by atoms with Gasteiger partial charge in [0.1, 0.15) is 4.60 Å². The van der Waals surface area contributed by atoms with E-state index >= 15 is 0 Å². The number of halogens is 2. The topological polar surface area (TPSA) is 54.0 Å². The van der Waals surface area contributed by atoms with Gasteiger partial charge in [-0.15, -0.1) is 0 Å². The summed E-state index contributed by atoms with van der Waals surface area (Å²) in [6.07, 6.45) is 0.419. The van der Waals surface area contributed by atoms with Crippen molar-refractivity contribution in [2.75, 3.05) is 10.6 Å². The molecule has 1 atom stereocenters. The molecule has 0 aliphatic carbocycles. The number of amides is 1. The van der Waals surface area contributed by atoms with Crippen molar-refractivity contribution in [3.05, 3.63) is 15.8 Å². The monoisotopic (exact) mass is 289 g/mol. The van der Waals surface area contributed by atoms with E-state index in [0.29, 0.717) is 27.6 Å². The number of aromatic nitrogens is 1. The molecule has 80 valence electrons. The van der Waals surface area contributed by atoms with Crippen molar-refractivity contribution in [1.82, 2.24) is 4.98 Å². The maximum absolute atomic E-state index is 11.4. The molecule has 1 aromatic heterocycles. The van der Waals surface area contributed by atoms with Gasteiger partial charge in [-0.05, 0) is 28.9 Å². The SMILES string of the molecule is C[C@@H]1CC(=O)Nc2cc(Br)nc(Cl)c2N1. The zero-order chi connectivity index (χ0) is 11.0. The fourth-order valence-electron chi connectivity index (χ4n) is 1.50. The highest BCUT2D eigenvalue weighted by Gasteiger charge is 2.20. The summed E-state index contributed by atoms with van der Waals surface area (Å²) in [5, 5.41) is 6.28. The second-order valence-corrected chi connectivity index (χ2v) is 4.63. The lowest BCUT2D eigenvalue weighted by atomic mass is 10.2. The van der Waals surface area contributed by atoms with Crippen LogP contribution in [0.2, 0.25) is 5.15 Å². The molecule has 4 nitrogen and oxygen atoms in total. The van der Waals surface area contributed by atoms with Crippen molar-refractivity contribution in [3.63, 3.8) is 0 Å². The molecule has 0 fully saturated rings. The minimum absolute atomic E-state index is 0.0251. The third-order valence-electron chi connectivity index (χ3n) is 2.10. The smallest absolute Gasteiger partial charge is 0.226 e. The molecule has 0 radical (unpaired) electrons. The number of hydrogen-bond acceptors (Lipinski definition) is 3. The first-order valence-electron chi connectivity index (χ1n) is 4.48. The quantitative estimate of drug-likeness (QED) is 0.722. The van der Waals surface area contributed by atoms with Crippen LogP contribution in [-0.2, 0) is 4.79 Å². The number of fused-ring (bicyclic) bond motifs is 1. The number of nitrogens with zero attached hydrogens (tertiary/aromatic N) is 1. The summed E-state index contributed by atoms with van der Waals surface area (Å²) in [5.41, 5.74) is 1.34. The average Bonchev–Trinajstić information content (AvgIpc) is 2.22. The molecule has 1 aliphatic heterocycles. The highest BCUT2D eigenvalue weighted by atomic mass is 79.9. The van der Waals surface area contributed by atoms with Gasteiger partial charge < -0.3 is 10.6 Å². The Bertz CT molecular complexity index is 424. The van der Waals surface area contributed by atoms with E-state index in [9.17, 15) is 4.79 Å². The first-order chi connectivity index (χ1) is 7.06. The van der Waals surface area contributed by atoms with Crippen molar-refractivity contribution in [3.8, 4) is 0 Å². The first-order valence-corrected chi connectivity index (χ1v) is 5.66. The number of rotatable bonds is 0. The molecular formula is C9H9BrClN3O. The normalized spacial score (nSPS) is 19.9. The van der Waals surface area contributed by atoms with E-state index < -0.39 is 0 Å². The standard InChI is InChI=1S/C9H9BrClN3O/c1-4-2-7(15)13-5-3-6(10)14-9(11)8(5)12-4/h3-4,12H,2H2,1H3,(H,13,15)/t4-/m1/s1. The van der Waals surface area contributed by atoms with Crippen LogP contribution >= 0.6 is 27.5 Å². The maximum Gasteiger partial charge on any atom is 0.226 e. The van der Waals surface area contributed by atoms with Gasteiger partial charge in [0.15, 0.2) is 5.15 Å². The number of pyridine rings is 1. The predicted octanol–water partition coefficient (Wildman–Crippen LogP) is 2.64. The summed E-state index contributed by atoms with van der Waals surface area (Å²) in [7, 11) is 0. The van der Waals surface area contributed by atoms with Gasteiger partial charge in [-0.1, -0.05) is 11.6 Å². The van der Waals surface area contributed by atoms with Gasteiger partial charge in [0.2, 0.25) is 5.91 Å². The highest BCUT2D eigenvalue weighted by Crippen LogP contribution is 2.33. The van der Waals surface area contributed by atoms with Gasteiger partial charge in [0.05, 0.1) is 11.4 Å². The second kappa shape index (κ2) is 3.98. The van der Waals surface area contributed by atoms with E-state index in [1.165, 1.54) is 0 Å². The molecule has 15 heavy (non-hydrogen) atoms. The molecule has 2 rings (SSSR count).